The first-order chi connectivity index (χ1) is 14.7. The van der Waals surface area contributed by atoms with Crippen molar-refractivity contribution < 1.29 is 39.6 Å². The molecule has 1 aromatic carbocycles. The zero-order valence-corrected chi connectivity index (χ0v) is 17.3. The molecule has 0 aliphatic carbocycles. The maximum absolute atomic E-state index is 13.1. The third kappa shape index (κ3) is 4.29. The molecule has 3 rings (SSSR count). The zero-order chi connectivity index (χ0) is 24.1. The lowest BCUT2D eigenvalue weighted by Crippen LogP contribution is -2.28. The molecule has 3 aromatic rings. The third-order valence-electron chi connectivity index (χ3n) is 4.67. The minimum atomic E-state index is -4.77. The fourth-order valence-corrected chi connectivity index (χ4v) is 4.06. The molecule has 0 spiro atoms. The van der Waals surface area contributed by atoms with Gasteiger partial charge in [0.25, 0.3) is 5.91 Å². The molecule has 32 heavy (non-hydrogen) atoms. The van der Waals surface area contributed by atoms with E-state index in [0.29, 0.717) is 16.7 Å². The van der Waals surface area contributed by atoms with E-state index < -0.39 is 55.7 Å². The molecule has 0 radical (unpaired) electrons. The van der Waals surface area contributed by atoms with E-state index in [2.05, 4.69) is 4.98 Å². The SMILES string of the molecule is CCS(=O)(=O)c1c(C(=O)N(C)c2ccc(C(F)(F)F)cc2)nc2ccc(C(F)(F)F)cn12. The van der Waals surface area contributed by atoms with E-state index >= 15 is 0 Å². The van der Waals surface area contributed by atoms with Gasteiger partial charge in [-0.05, 0) is 36.4 Å². The van der Waals surface area contributed by atoms with Gasteiger partial charge in [0.05, 0.1) is 16.9 Å². The third-order valence-corrected chi connectivity index (χ3v) is 6.41. The molecule has 2 aromatic heterocycles. The van der Waals surface area contributed by atoms with E-state index in [4.69, 9.17) is 0 Å². The lowest BCUT2D eigenvalue weighted by molar-refractivity contribution is -0.138. The van der Waals surface area contributed by atoms with E-state index in [-0.39, 0.29) is 11.3 Å². The van der Waals surface area contributed by atoms with Gasteiger partial charge < -0.3 is 4.90 Å². The van der Waals surface area contributed by atoms with Crippen molar-refractivity contribution in [1.82, 2.24) is 9.38 Å². The maximum Gasteiger partial charge on any atom is 0.417 e. The van der Waals surface area contributed by atoms with Crippen molar-refractivity contribution in [3.8, 4) is 0 Å². The van der Waals surface area contributed by atoms with E-state index in [9.17, 15) is 39.6 Å². The van der Waals surface area contributed by atoms with Crippen LogP contribution >= 0.6 is 0 Å². The topological polar surface area (TPSA) is 71.8 Å². The summed E-state index contributed by atoms with van der Waals surface area (Å²) in [5.74, 6) is -1.55. The van der Waals surface area contributed by atoms with Crippen molar-refractivity contribution in [2.45, 2.75) is 24.3 Å². The van der Waals surface area contributed by atoms with Crippen LogP contribution in [0.3, 0.4) is 0 Å². The number of hydrogen-bond donors (Lipinski definition) is 0. The number of sulfone groups is 1. The Morgan fingerprint density at radius 3 is 2.00 bits per heavy atom. The highest BCUT2D eigenvalue weighted by atomic mass is 32.2. The van der Waals surface area contributed by atoms with E-state index in [1.807, 2.05) is 0 Å². The number of anilines is 1. The normalized spacial score (nSPS) is 12.9. The van der Waals surface area contributed by atoms with Crippen molar-refractivity contribution in [1.29, 1.82) is 0 Å². The van der Waals surface area contributed by atoms with Crippen LogP contribution in [0, 0.1) is 0 Å². The molecule has 0 N–H and O–H groups in total. The van der Waals surface area contributed by atoms with Crippen LogP contribution in [-0.4, -0.2) is 36.5 Å². The Balaban J connectivity index is 2.14. The minimum absolute atomic E-state index is 0.00381. The molecular formula is C19H15F6N3O3S. The predicted octanol–water partition coefficient (Wildman–Crippen LogP) is 4.44. The molecule has 172 valence electrons. The smallest absolute Gasteiger partial charge is 0.310 e. The summed E-state index contributed by atoms with van der Waals surface area (Å²) >= 11 is 0. The Morgan fingerprint density at radius 1 is 0.969 bits per heavy atom. The van der Waals surface area contributed by atoms with Gasteiger partial charge in [-0.3, -0.25) is 9.20 Å². The highest BCUT2D eigenvalue weighted by Crippen LogP contribution is 2.32. The summed E-state index contributed by atoms with van der Waals surface area (Å²) in [4.78, 5) is 17.8. The van der Waals surface area contributed by atoms with Gasteiger partial charge in [0, 0.05) is 18.9 Å². The van der Waals surface area contributed by atoms with Gasteiger partial charge in [0.2, 0.25) is 0 Å². The average molecular weight is 479 g/mol. The number of benzene rings is 1. The number of nitrogens with zero attached hydrogens (tertiary/aromatic N) is 3. The fourth-order valence-electron chi connectivity index (χ4n) is 2.91. The Bertz CT molecular complexity index is 1280. The first-order valence-corrected chi connectivity index (χ1v) is 10.6. The van der Waals surface area contributed by atoms with Gasteiger partial charge >= 0.3 is 12.4 Å². The molecule has 0 fully saturated rings. The summed E-state index contributed by atoms with van der Waals surface area (Å²) in [5.41, 5.74) is -2.97. The summed E-state index contributed by atoms with van der Waals surface area (Å²) in [6, 6.07) is 5.10. The Morgan fingerprint density at radius 2 is 1.50 bits per heavy atom. The van der Waals surface area contributed by atoms with Gasteiger partial charge in [-0.15, -0.1) is 0 Å². The molecule has 0 aliphatic heterocycles. The lowest BCUT2D eigenvalue weighted by Gasteiger charge is -2.18. The Labute approximate surface area is 178 Å². The number of pyridine rings is 1. The molecule has 0 aliphatic rings. The van der Waals surface area contributed by atoms with Crippen LogP contribution in [0.5, 0.6) is 0 Å². The summed E-state index contributed by atoms with van der Waals surface area (Å²) in [6.45, 7) is 1.25. The number of alkyl halides is 6. The number of carbonyl (C=O) groups excluding carboxylic acids is 1. The monoisotopic (exact) mass is 479 g/mol. The molecular weight excluding hydrogens is 464 g/mol. The van der Waals surface area contributed by atoms with Crippen LogP contribution in [-0.2, 0) is 22.2 Å². The first kappa shape index (κ1) is 23.6. The van der Waals surface area contributed by atoms with Crippen molar-refractivity contribution in [3.63, 3.8) is 0 Å². The van der Waals surface area contributed by atoms with Gasteiger partial charge in [0.15, 0.2) is 20.6 Å². The van der Waals surface area contributed by atoms with Gasteiger partial charge in [-0.2, -0.15) is 26.3 Å². The van der Waals surface area contributed by atoms with Crippen LogP contribution in [0.2, 0.25) is 0 Å². The van der Waals surface area contributed by atoms with Gasteiger partial charge in [-0.25, -0.2) is 13.4 Å². The number of halogens is 6. The molecule has 2 heterocycles. The largest absolute Gasteiger partial charge is 0.417 e. The number of amides is 1. The Kier molecular flexibility index (Phi) is 5.74. The fraction of sp³-hybridized carbons (Fsp3) is 0.263. The second-order valence-corrected chi connectivity index (χ2v) is 8.92. The van der Waals surface area contributed by atoms with Gasteiger partial charge in [-0.1, -0.05) is 6.92 Å². The molecule has 13 heteroatoms. The molecule has 0 unspecified atom stereocenters. The zero-order valence-electron chi connectivity index (χ0n) is 16.5. The van der Waals surface area contributed by atoms with Crippen LogP contribution in [0.25, 0.3) is 5.65 Å². The number of aromatic nitrogens is 2. The quantitative estimate of drug-likeness (QED) is 0.519. The average Bonchev–Trinajstić information content (AvgIpc) is 3.11. The number of carbonyl (C=O) groups is 1. The molecule has 0 saturated heterocycles. The Hall–Kier alpha value is -3.09. The maximum atomic E-state index is 13.1. The molecule has 0 saturated carbocycles. The molecule has 1 amide bonds. The summed E-state index contributed by atoms with van der Waals surface area (Å²) < 4.78 is 104. The standard InChI is InChI=1S/C19H15F6N3O3S/c1-3-32(30,31)17-15(26-14-9-6-12(10-28(14)17)19(23,24)25)16(29)27(2)13-7-4-11(5-8-13)18(20,21)22/h4-10H,3H2,1-2H3. The lowest BCUT2D eigenvalue weighted by atomic mass is 10.2. The summed E-state index contributed by atoms with van der Waals surface area (Å²) in [5, 5.41) is -0.732. The van der Waals surface area contributed by atoms with E-state index in [0.717, 1.165) is 35.2 Å². The van der Waals surface area contributed by atoms with Crippen molar-refractivity contribution in [2.75, 3.05) is 17.7 Å². The second kappa shape index (κ2) is 7.80. The summed E-state index contributed by atoms with van der Waals surface area (Å²) in [7, 11) is -3.05. The van der Waals surface area contributed by atoms with Gasteiger partial charge in [0.1, 0.15) is 5.65 Å². The second-order valence-electron chi connectivity index (χ2n) is 6.72. The number of hydrogen-bond acceptors (Lipinski definition) is 4. The van der Waals surface area contributed by atoms with Crippen LogP contribution in [0.4, 0.5) is 32.0 Å². The van der Waals surface area contributed by atoms with Crippen LogP contribution in [0.1, 0.15) is 28.5 Å². The number of imidazole rings is 1. The molecule has 6 nitrogen and oxygen atoms in total. The van der Waals surface area contributed by atoms with Crippen LogP contribution < -0.4 is 4.90 Å². The van der Waals surface area contributed by atoms with Crippen LogP contribution in [0.15, 0.2) is 47.6 Å². The van der Waals surface area contributed by atoms with E-state index in [1.54, 1.807) is 0 Å². The predicted molar refractivity (Wildman–Crippen MR) is 102 cm³/mol. The first-order valence-electron chi connectivity index (χ1n) is 8.94. The number of fused-ring (bicyclic) bond motifs is 1. The highest BCUT2D eigenvalue weighted by molar-refractivity contribution is 7.91. The van der Waals surface area contributed by atoms with Crippen molar-refractivity contribution in [2.24, 2.45) is 0 Å². The van der Waals surface area contributed by atoms with Crippen molar-refractivity contribution >= 4 is 27.1 Å². The highest BCUT2D eigenvalue weighted by Gasteiger charge is 2.35. The minimum Gasteiger partial charge on any atom is -0.310 e. The number of rotatable bonds is 4. The molecule has 0 atom stereocenters. The van der Waals surface area contributed by atoms with Crippen molar-refractivity contribution in [3.05, 3.63) is 59.4 Å². The summed E-state index contributed by atoms with van der Waals surface area (Å²) in [6.07, 6.45) is -8.84. The molecule has 0 bridgehead atoms. The van der Waals surface area contributed by atoms with E-state index in [1.165, 1.54) is 14.0 Å².